The first-order valence-corrected chi connectivity index (χ1v) is 8.50. The van der Waals surface area contributed by atoms with Crippen LogP contribution in [0.25, 0.3) is 21.7 Å². The lowest BCUT2D eigenvalue weighted by Crippen LogP contribution is -2.29. The van der Waals surface area contributed by atoms with Crippen LogP contribution >= 0.6 is 15.9 Å². The second kappa shape index (κ2) is 6.17. The van der Waals surface area contributed by atoms with Crippen molar-refractivity contribution in [2.75, 3.05) is 5.32 Å². The molecule has 3 aromatic rings. The molecule has 26 heavy (non-hydrogen) atoms. The highest BCUT2D eigenvalue weighted by Crippen LogP contribution is 2.36. The molecule has 0 aliphatic rings. The van der Waals surface area contributed by atoms with Gasteiger partial charge in [-0.1, -0.05) is 32.9 Å². The number of anilines is 1. The molecule has 0 aliphatic carbocycles. The van der Waals surface area contributed by atoms with Gasteiger partial charge in [0.2, 0.25) is 11.9 Å². The number of nitrogens with one attached hydrogen (secondary N) is 2. The summed E-state index contributed by atoms with van der Waals surface area (Å²) in [7, 11) is 0. The lowest BCUT2D eigenvalue weighted by atomic mass is 9.96. The van der Waals surface area contributed by atoms with Gasteiger partial charge < -0.3 is 0 Å². The number of rotatable bonds is 2. The molecular formula is C17H15BrN4O4. The van der Waals surface area contributed by atoms with Gasteiger partial charge in [-0.15, -0.1) is 0 Å². The highest BCUT2D eigenvalue weighted by molar-refractivity contribution is 9.10. The van der Waals surface area contributed by atoms with Gasteiger partial charge in [-0.25, -0.2) is 4.98 Å². The number of aromatic nitrogens is 2. The lowest BCUT2D eigenvalue weighted by molar-refractivity contribution is -0.383. The van der Waals surface area contributed by atoms with E-state index in [0.29, 0.717) is 5.39 Å². The fraction of sp³-hybridized carbons (Fsp3) is 0.235. The van der Waals surface area contributed by atoms with Crippen molar-refractivity contribution in [2.24, 2.45) is 5.41 Å². The molecule has 1 heterocycles. The molecule has 0 saturated carbocycles. The summed E-state index contributed by atoms with van der Waals surface area (Å²) in [5.74, 6) is -0.311. The van der Waals surface area contributed by atoms with Crippen LogP contribution in [0.15, 0.2) is 33.5 Å². The molecule has 0 atom stereocenters. The molecule has 9 heteroatoms. The first kappa shape index (κ1) is 18.0. The van der Waals surface area contributed by atoms with Crippen molar-refractivity contribution in [3.63, 3.8) is 0 Å². The van der Waals surface area contributed by atoms with Crippen LogP contribution in [-0.4, -0.2) is 20.8 Å². The zero-order valence-corrected chi connectivity index (χ0v) is 15.8. The molecule has 8 nitrogen and oxygen atoms in total. The Morgan fingerprint density at radius 2 is 1.88 bits per heavy atom. The Kier molecular flexibility index (Phi) is 4.27. The van der Waals surface area contributed by atoms with Crippen LogP contribution in [-0.2, 0) is 4.79 Å². The second-order valence-electron chi connectivity index (χ2n) is 6.83. The largest absolute Gasteiger partial charge is 0.296 e. The van der Waals surface area contributed by atoms with Crippen molar-refractivity contribution in [1.82, 2.24) is 9.97 Å². The molecule has 0 saturated heterocycles. The minimum absolute atomic E-state index is 0.000533. The van der Waals surface area contributed by atoms with Crippen LogP contribution < -0.4 is 10.9 Å². The minimum Gasteiger partial charge on any atom is -0.296 e. The Bertz CT molecular complexity index is 1130. The summed E-state index contributed by atoms with van der Waals surface area (Å²) < 4.78 is 0.270. The van der Waals surface area contributed by atoms with Crippen molar-refractivity contribution >= 4 is 55.1 Å². The number of carbonyl (C=O) groups excluding carboxylic acids is 1. The predicted molar refractivity (Wildman–Crippen MR) is 102 cm³/mol. The Morgan fingerprint density at radius 1 is 1.23 bits per heavy atom. The lowest BCUT2D eigenvalue weighted by Gasteiger charge is -2.17. The molecule has 0 radical (unpaired) electrons. The number of H-pyrrole nitrogens is 1. The molecule has 1 aromatic heterocycles. The van der Waals surface area contributed by atoms with Crippen LogP contribution in [0, 0.1) is 15.5 Å². The molecule has 2 aromatic carbocycles. The van der Waals surface area contributed by atoms with Crippen molar-refractivity contribution in [1.29, 1.82) is 0 Å². The number of nitro benzene ring substituents is 1. The number of carbonyl (C=O) groups is 1. The summed E-state index contributed by atoms with van der Waals surface area (Å²) in [6.07, 6.45) is 0. The molecule has 134 valence electrons. The highest BCUT2D eigenvalue weighted by atomic mass is 79.9. The minimum atomic E-state index is -0.666. The summed E-state index contributed by atoms with van der Waals surface area (Å²) in [4.78, 5) is 42.5. The summed E-state index contributed by atoms with van der Waals surface area (Å²) in [5, 5.41) is 14.9. The Balaban J connectivity index is 2.30. The first-order chi connectivity index (χ1) is 12.1. The van der Waals surface area contributed by atoms with E-state index in [9.17, 15) is 19.7 Å². The van der Waals surface area contributed by atoms with E-state index < -0.39 is 15.9 Å². The van der Waals surface area contributed by atoms with Gasteiger partial charge in [0.05, 0.1) is 25.7 Å². The van der Waals surface area contributed by atoms with E-state index in [1.54, 1.807) is 45.0 Å². The van der Waals surface area contributed by atoms with Crippen molar-refractivity contribution in [3.8, 4) is 0 Å². The Labute approximate surface area is 155 Å². The SMILES string of the molecule is CC(C)(C)C(=O)Nc1nc2ccc3ccc(Br)c([N+](=O)[O-])c3c2c(=O)[nH]1. The summed E-state index contributed by atoms with van der Waals surface area (Å²) >= 11 is 3.17. The van der Waals surface area contributed by atoms with E-state index in [0.717, 1.165) is 0 Å². The smallest absolute Gasteiger partial charge is 0.292 e. The van der Waals surface area contributed by atoms with E-state index in [1.807, 2.05) is 0 Å². The number of hydrogen-bond donors (Lipinski definition) is 2. The number of hydrogen-bond acceptors (Lipinski definition) is 5. The third-order valence-electron chi connectivity index (χ3n) is 3.87. The molecule has 0 fully saturated rings. The summed E-state index contributed by atoms with van der Waals surface area (Å²) in [5.41, 5.74) is -1.18. The van der Waals surface area contributed by atoms with Gasteiger partial charge in [-0.2, -0.15) is 0 Å². The number of halogens is 1. The first-order valence-electron chi connectivity index (χ1n) is 7.70. The Morgan fingerprint density at radius 3 is 2.50 bits per heavy atom. The quantitative estimate of drug-likeness (QED) is 0.373. The van der Waals surface area contributed by atoms with Crippen molar-refractivity contribution in [2.45, 2.75) is 20.8 Å². The van der Waals surface area contributed by atoms with Crippen LogP contribution in [0.2, 0.25) is 0 Å². The van der Waals surface area contributed by atoms with Gasteiger partial charge in [-0.3, -0.25) is 30.0 Å². The molecule has 0 unspecified atom stereocenters. The van der Waals surface area contributed by atoms with Gasteiger partial charge >= 0.3 is 0 Å². The van der Waals surface area contributed by atoms with E-state index in [2.05, 4.69) is 31.2 Å². The van der Waals surface area contributed by atoms with E-state index in [4.69, 9.17) is 0 Å². The average Bonchev–Trinajstić information content (AvgIpc) is 2.52. The number of fused-ring (bicyclic) bond motifs is 3. The van der Waals surface area contributed by atoms with Crippen molar-refractivity contribution in [3.05, 3.63) is 49.2 Å². The maximum atomic E-state index is 12.6. The van der Waals surface area contributed by atoms with Gasteiger partial charge in [-0.05, 0) is 33.4 Å². The van der Waals surface area contributed by atoms with E-state index in [1.165, 1.54) is 0 Å². The topological polar surface area (TPSA) is 118 Å². The maximum Gasteiger partial charge on any atom is 0.292 e. The molecule has 2 N–H and O–H groups in total. The zero-order valence-electron chi connectivity index (χ0n) is 14.2. The fourth-order valence-corrected chi connectivity index (χ4v) is 3.01. The second-order valence-corrected chi connectivity index (χ2v) is 7.68. The van der Waals surface area contributed by atoms with E-state index >= 15 is 0 Å². The fourth-order valence-electron chi connectivity index (χ4n) is 2.54. The van der Waals surface area contributed by atoms with Gasteiger partial charge in [0.15, 0.2) is 0 Å². The van der Waals surface area contributed by atoms with Crippen LogP contribution in [0.1, 0.15) is 20.8 Å². The third-order valence-corrected chi connectivity index (χ3v) is 4.51. The predicted octanol–water partition coefficient (Wildman–Crippen LogP) is 3.73. The van der Waals surface area contributed by atoms with Gasteiger partial charge in [0, 0.05) is 5.41 Å². The van der Waals surface area contributed by atoms with Crippen LogP contribution in [0.5, 0.6) is 0 Å². The monoisotopic (exact) mass is 418 g/mol. The van der Waals surface area contributed by atoms with Crippen LogP contribution in [0.4, 0.5) is 11.6 Å². The molecule has 3 rings (SSSR count). The highest BCUT2D eigenvalue weighted by Gasteiger charge is 2.24. The third kappa shape index (κ3) is 3.05. The number of amides is 1. The molecule has 1 amide bonds. The van der Waals surface area contributed by atoms with Gasteiger partial charge in [0.25, 0.3) is 11.2 Å². The van der Waals surface area contributed by atoms with Crippen LogP contribution in [0.3, 0.4) is 0 Å². The standard InChI is InChI=1S/C17H15BrN4O4/c1-17(2,3)15(24)21-16-19-10-7-5-8-4-6-9(18)13(22(25)26)11(8)12(10)14(23)20-16/h4-7H,1-3H3,(H2,19,20,21,23,24). The number of benzene rings is 2. The normalized spacial score (nSPS) is 11.7. The number of aromatic amines is 1. The Hall–Kier alpha value is -2.81. The molecule has 0 aliphatic heterocycles. The van der Waals surface area contributed by atoms with Crippen molar-refractivity contribution < 1.29 is 9.72 Å². The summed E-state index contributed by atoms with van der Waals surface area (Å²) in [6.45, 7) is 5.20. The molecule has 0 spiro atoms. The van der Waals surface area contributed by atoms with Gasteiger partial charge in [0.1, 0.15) is 0 Å². The number of nitrogens with zero attached hydrogens (tertiary/aromatic N) is 2. The maximum absolute atomic E-state index is 12.6. The molecule has 0 bridgehead atoms. The molecular weight excluding hydrogens is 404 g/mol. The summed E-state index contributed by atoms with van der Waals surface area (Å²) in [6, 6.07) is 6.49. The average molecular weight is 419 g/mol. The van der Waals surface area contributed by atoms with E-state index in [-0.39, 0.29) is 38.3 Å². The number of nitro groups is 1. The zero-order chi connectivity index (χ0) is 19.2.